The smallest absolute Gasteiger partial charge is 0.153 e. The Morgan fingerprint density at radius 1 is 1.50 bits per heavy atom. The van der Waals surface area contributed by atoms with Crippen molar-refractivity contribution in [2.75, 3.05) is 7.05 Å². The van der Waals surface area contributed by atoms with Gasteiger partial charge in [0, 0.05) is 12.7 Å². The van der Waals surface area contributed by atoms with E-state index in [0.29, 0.717) is 11.6 Å². The number of aromatic nitrogens is 3. The summed E-state index contributed by atoms with van der Waals surface area (Å²) in [7, 11) is 1.86. The summed E-state index contributed by atoms with van der Waals surface area (Å²) >= 11 is 9.37. The molecule has 0 atom stereocenters. The number of nitrogens with zero attached hydrogens (tertiary/aromatic N) is 3. The zero-order valence-electron chi connectivity index (χ0n) is 8.61. The zero-order valence-corrected chi connectivity index (χ0v) is 11.0. The fraction of sp³-hybridized carbons (Fsp3) is 0.200. The lowest BCUT2D eigenvalue weighted by atomic mass is 10.3. The molecule has 0 saturated carbocycles. The molecule has 16 heavy (non-hydrogen) atoms. The second-order valence-electron chi connectivity index (χ2n) is 3.23. The topological polar surface area (TPSA) is 42.7 Å². The second kappa shape index (κ2) is 4.95. The molecule has 2 aromatic heterocycles. The molecule has 0 aliphatic carbocycles. The van der Waals surface area contributed by atoms with Gasteiger partial charge in [0.05, 0.1) is 21.4 Å². The monoisotopic (exact) mass is 300 g/mol. The summed E-state index contributed by atoms with van der Waals surface area (Å²) < 4.78 is 2.61. The molecule has 2 aromatic rings. The van der Waals surface area contributed by atoms with Crippen LogP contribution in [0.4, 0.5) is 0 Å². The van der Waals surface area contributed by atoms with Gasteiger partial charge < -0.3 is 5.32 Å². The van der Waals surface area contributed by atoms with Crippen LogP contribution in [-0.2, 0) is 6.54 Å². The molecule has 0 aliphatic rings. The summed E-state index contributed by atoms with van der Waals surface area (Å²) in [6, 6.07) is 3.66. The van der Waals surface area contributed by atoms with Crippen LogP contribution in [0.15, 0.2) is 29.0 Å². The quantitative estimate of drug-likeness (QED) is 0.946. The Labute approximate surface area is 107 Å². The van der Waals surface area contributed by atoms with Crippen molar-refractivity contribution in [3.8, 4) is 5.82 Å². The van der Waals surface area contributed by atoms with Gasteiger partial charge in [-0.3, -0.25) is 0 Å². The van der Waals surface area contributed by atoms with Crippen LogP contribution in [0, 0.1) is 0 Å². The molecule has 6 heteroatoms. The van der Waals surface area contributed by atoms with Crippen LogP contribution >= 0.6 is 27.5 Å². The Morgan fingerprint density at radius 2 is 2.31 bits per heavy atom. The highest BCUT2D eigenvalue weighted by Gasteiger charge is 2.05. The van der Waals surface area contributed by atoms with Gasteiger partial charge in [-0.1, -0.05) is 11.6 Å². The molecule has 84 valence electrons. The lowest BCUT2D eigenvalue weighted by Gasteiger charge is -2.05. The van der Waals surface area contributed by atoms with Crippen LogP contribution in [0.5, 0.6) is 0 Å². The molecule has 2 rings (SSSR count). The van der Waals surface area contributed by atoms with Crippen LogP contribution in [0.25, 0.3) is 5.82 Å². The van der Waals surface area contributed by atoms with E-state index in [1.165, 1.54) is 0 Å². The fourth-order valence-corrected chi connectivity index (χ4v) is 1.78. The number of nitrogens with one attached hydrogen (secondary N) is 1. The van der Waals surface area contributed by atoms with Crippen molar-refractivity contribution in [3.05, 3.63) is 39.7 Å². The highest BCUT2D eigenvalue weighted by molar-refractivity contribution is 9.10. The van der Waals surface area contributed by atoms with Crippen molar-refractivity contribution in [1.29, 1.82) is 0 Å². The first-order chi connectivity index (χ1) is 7.70. The van der Waals surface area contributed by atoms with E-state index >= 15 is 0 Å². The minimum Gasteiger partial charge on any atom is -0.314 e. The van der Waals surface area contributed by atoms with Crippen molar-refractivity contribution < 1.29 is 0 Å². The second-order valence-corrected chi connectivity index (χ2v) is 4.55. The maximum absolute atomic E-state index is 6.03. The van der Waals surface area contributed by atoms with Crippen LogP contribution < -0.4 is 5.32 Å². The molecule has 0 spiro atoms. The van der Waals surface area contributed by atoms with Crippen LogP contribution in [-0.4, -0.2) is 21.8 Å². The maximum Gasteiger partial charge on any atom is 0.153 e. The van der Waals surface area contributed by atoms with Crippen LogP contribution in [0.3, 0.4) is 0 Å². The van der Waals surface area contributed by atoms with Gasteiger partial charge in [0.15, 0.2) is 5.82 Å². The number of hydrogen-bond donors (Lipinski definition) is 1. The van der Waals surface area contributed by atoms with Crippen molar-refractivity contribution in [2.24, 2.45) is 0 Å². The summed E-state index contributed by atoms with van der Waals surface area (Å²) in [4.78, 5) is 4.43. The molecule has 0 aromatic carbocycles. The first-order valence-electron chi connectivity index (χ1n) is 4.71. The summed E-state index contributed by atoms with van der Waals surface area (Å²) in [6.45, 7) is 0.634. The lowest BCUT2D eigenvalue weighted by Crippen LogP contribution is -2.09. The SMILES string of the molecule is CNCc1nc(-n2cc(Br)cn2)ccc1Cl. The number of hydrogen-bond acceptors (Lipinski definition) is 3. The van der Waals surface area contributed by atoms with E-state index in [2.05, 4.69) is 31.3 Å². The largest absolute Gasteiger partial charge is 0.314 e. The van der Waals surface area contributed by atoms with Crippen LogP contribution in [0.2, 0.25) is 5.02 Å². The van der Waals surface area contributed by atoms with E-state index < -0.39 is 0 Å². The normalized spacial score (nSPS) is 10.7. The first-order valence-corrected chi connectivity index (χ1v) is 5.88. The summed E-state index contributed by atoms with van der Waals surface area (Å²) in [5.74, 6) is 0.750. The van der Waals surface area contributed by atoms with E-state index in [9.17, 15) is 0 Å². The van der Waals surface area contributed by atoms with E-state index in [4.69, 9.17) is 11.6 Å². The number of pyridine rings is 1. The molecular weight excluding hydrogens is 291 g/mol. The Kier molecular flexibility index (Phi) is 3.58. The number of rotatable bonds is 3. The maximum atomic E-state index is 6.03. The van der Waals surface area contributed by atoms with Gasteiger partial charge in [-0.05, 0) is 35.1 Å². The molecule has 0 fully saturated rings. The standard InChI is InChI=1S/C10H10BrClN4/c1-13-5-9-8(12)2-3-10(15-9)16-6-7(11)4-14-16/h2-4,6,13H,5H2,1H3. The van der Waals surface area contributed by atoms with Crippen molar-refractivity contribution in [1.82, 2.24) is 20.1 Å². The third kappa shape index (κ3) is 2.42. The van der Waals surface area contributed by atoms with E-state index in [1.807, 2.05) is 25.4 Å². The van der Waals surface area contributed by atoms with Gasteiger partial charge in [0.25, 0.3) is 0 Å². The third-order valence-electron chi connectivity index (χ3n) is 2.03. The molecule has 0 saturated heterocycles. The van der Waals surface area contributed by atoms with Crippen molar-refractivity contribution in [3.63, 3.8) is 0 Å². The fourth-order valence-electron chi connectivity index (χ4n) is 1.32. The predicted octanol–water partition coefficient (Wildman–Crippen LogP) is 2.40. The Balaban J connectivity index is 2.39. The molecule has 4 nitrogen and oxygen atoms in total. The summed E-state index contributed by atoms with van der Waals surface area (Å²) in [5, 5.41) is 7.84. The molecule has 0 unspecified atom stereocenters. The minimum atomic E-state index is 0.634. The Morgan fingerprint density at radius 3 is 2.94 bits per heavy atom. The highest BCUT2D eigenvalue weighted by Crippen LogP contribution is 2.17. The molecule has 2 heterocycles. The van der Waals surface area contributed by atoms with Gasteiger partial charge in [-0.15, -0.1) is 0 Å². The van der Waals surface area contributed by atoms with Gasteiger partial charge in [0.2, 0.25) is 0 Å². The van der Waals surface area contributed by atoms with Gasteiger partial charge in [0.1, 0.15) is 0 Å². The third-order valence-corrected chi connectivity index (χ3v) is 2.79. The van der Waals surface area contributed by atoms with Gasteiger partial charge >= 0.3 is 0 Å². The predicted molar refractivity (Wildman–Crippen MR) is 66.8 cm³/mol. The van der Waals surface area contributed by atoms with Crippen LogP contribution in [0.1, 0.15) is 5.69 Å². The molecule has 1 N–H and O–H groups in total. The van der Waals surface area contributed by atoms with Gasteiger partial charge in [-0.25, -0.2) is 9.67 Å². The highest BCUT2D eigenvalue weighted by atomic mass is 79.9. The summed E-state index contributed by atoms with van der Waals surface area (Å²) in [5.41, 5.74) is 0.813. The average Bonchev–Trinajstić information content (AvgIpc) is 2.69. The van der Waals surface area contributed by atoms with E-state index in [1.54, 1.807) is 10.9 Å². The Bertz CT molecular complexity index is 497. The molecule has 0 bridgehead atoms. The Hall–Kier alpha value is -0.910. The average molecular weight is 302 g/mol. The van der Waals surface area contributed by atoms with Crippen molar-refractivity contribution in [2.45, 2.75) is 6.54 Å². The molecular formula is C10H10BrClN4. The lowest BCUT2D eigenvalue weighted by molar-refractivity contribution is 0.770. The molecule has 0 amide bonds. The van der Waals surface area contributed by atoms with E-state index in [0.717, 1.165) is 16.0 Å². The van der Waals surface area contributed by atoms with Crippen molar-refractivity contribution >= 4 is 27.5 Å². The molecule has 0 aliphatic heterocycles. The first kappa shape index (κ1) is 11.6. The van der Waals surface area contributed by atoms with E-state index in [-0.39, 0.29) is 0 Å². The molecule has 0 radical (unpaired) electrons. The van der Waals surface area contributed by atoms with Gasteiger partial charge in [-0.2, -0.15) is 5.10 Å². The zero-order chi connectivity index (χ0) is 11.5. The summed E-state index contributed by atoms with van der Waals surface area (Å²) in [6.07, 6.45) is 3.56. The number of halogens is 2. The minimum absolute atomic E-state index is 0.634.